The molecule has 0 bridgehead atoms. The second-order valence-electron chi connectivity index (χ2n) is 7.35. The second kappa shape index (κ2) is 13.2. The van der Waals surface area contributed by atoms with Crippen molar-refractivity contribution < 1.29 is 10.2 Å². The van der Waals surface area contributed by atoms with Crippen LogP contribution in [0.4, 0.5) is 0 Å². The summed E-state index contributed by atoms with van der Waals surface area (Å²) < 4.78 is 0. The van der Waals surface area contributed by atoms with Gasteiger partial charge >= 0.3 is 0 Å². The van der Waals surface area contributed by atoms with Crippen molar-refractivity contribution in [1.82, 2.24) is 0 Å². The molecule has 0 radical (unpaired) electrons. The summed E-state index contributed by atoms with van der Waals surface area (Å²) in [5, 5.41) is 20.2. The van der Waals surface area contributed by atoms with Gasteiger partial charge in [-0.1, -0.05) is 98.3 Å². The first-order chi connectivity index (χ1) is 14.5. The van der Waals surface area contributed by atoms with E-state index in [0.29, 0.717) is 22.2 Å². The fourth-order valence-corrected chi connectivity index (χ4v) is 3.60. The van der Waals surface area contributed by atoms with Crippen molar-refractivity contribution in [3.8, 4) is 11.5 Å². The molecule has 0 aliphatic heterocycles. The van der Waals surface area contributed by atoms with E-state index >= 15 is 0 Å². The summed E-state index contributed by atoms with van der Waals surface area (Å²) in [6.45, 7) is 2.21. The van der Waals surface area contributed by atoms with Crippen LogP contribution in [0.3, 0.4) is 0 Å². The summed E-state index contributed by atoms with van der Waals surface area (Å²) in [5.74, 6) is 0.492. The maximum absolute atomic E-state index is 9.64. The Balaban J connectivity index is 0.000000214. The Bertz CT molecular complexity index is 895. The third-order valence-electron chi connectivity index (χ3n) is 4.89. The fourth-order valence-electron chi connectivity index (χ4n) is 3.19. The highest BCUT2D eigenvalue weighted by Gasteiger charge is 2.04. The van der Waals surface area contributed by atoms with Gasteiger partial charge in [0.05, 0.1) is 5.02 Å². The number of phenols is 2. The molecule has 3 rings (SSSR count). The zero-order valence-electron chi connectivity index (χ0n) is 17.5. The number of aryl methyl sites for hydroxylation is 1. The van der Waals surface area contributed by atoms with Crippen LogP contribution in [-0.2, 0) is 12.8 Å². The predicted octanol–water partition coefficient (Wildman–Crippen LogP) is 8.19. The van der Waals surface area contributed by atoms with Gasteiger partial charge in [-0.05, 0) is 53.8 Å². The molecule has 160 valence electrons. The van der Waals surface area contributed by atoms with Crippen molar-refractivity contribution in [1.29, 1.82) is 0 Å². The van der Waals surface area contributed by atoms with E-state index in [1.165, 1.54) is 25.7 Å². The lowest BCUT2D eigenvalue weighted by Crippen LogP contribution is -1.88. The summed E-state index contributed by atoms with van der Waals surface area (Å²) in [5.41, 5.74) is 3.08. The van der Waals surface area contributed by atoms with Crippen molar-refractivity contribution in [2.24, 2.45) is 0 Å². The van der Waals surface area contributed by atoms with E-state index in [0.717, 1.165) is 29.5 Å². The molecule has 0 spiro atoms. The van der Waals surface area contributed by atoms with Crippen LogP contribution in [0, 0.1) is 0 Å². The molecular weight excluding hydrogens is 415 g/mol. The largest absolute Gasteiger partial charge is 0.508 e. The maximum atomic E-state index is 9.64. The van der Waals surface area contributed by atoms with Crippen LogP contribution < -0.4 is 0 Å². The molecule has 0 fully saturated rings. The molecule has 0 atom stereocenters. The molecule has 2 nitrogen and oxygen atoms in total. The summed E-state index contributed by atoms with van der Waals surface area (Å²) in [4.78, 5) is 0. The Morgan fingerprint density at radius 3 is 2.17 bits per heavy atom. The predicted molar refractivity (Wildman–Crippen MR) is 128 cm³/mol. The van der Waals surface area contributed by atoms with Crippen molar-refractivity contribution in [3.05, 3.63) is 93.5 Å². The van der Waals surface area contributed by atoms with Crippen LogP contribution in [0.2, 0.25) is 10.0 Å². The number of phenolic OH excluding ortho intramolecular Hbond substituents is 2. The van der Waals surface area contributed by atoms with E-state index < -0.39 is 0 Å². The Labute approximate surface area is 190 Å². The van der Waals surface area contributed by atoms with Crippen LogP contribution in [0.25, 0.3) is 0 Å². The van der Waals surface area contributed by atoms with Gasteiger partial charge in [-0.2, -0.15) is 0 Å². The molecule has 3 aromatic carbocycles. The highest BCUT2D eigenvalue weighted by atomic mass is 35.5. The quantitative estimate of drug-likeness (QED) is 0.343. The standard InChI is InChI=1S/C13H11ClO.C13H19ClO/c14-12-6-7-13(15)11(9-12)8-10-4-2-1-3-5-10;1-2-3-4-5-6-8-11-9-7-10-12(15)13(11)14/h1-7,9,15H,8H2;7,9-10,15H,2-6,8H2,1H3. The first kappa shape index (κ1) is 24.1. The molecule has 30 heavy (non-hydrogen) atoms. The van der Waals surface area contributed by atoms with Gasteiger partial charge in [0, 0.05) is 11.4 Å². The van der Waals surface area contributed by atoms with Gasteiger partial charge < -0.3 is 10.2 Å². The summed E-state index contributed by atoms with van der Waals surface area (Å²) >= 11 is 11.9. The number of unbranched alkanes of at least 4 members (excludes halogenated alkanes) is 4. The molecule has 2 N–H and O–H groups in total. The Kier molecular flexibility index (Phi) is 10.6. The lowest BCUT2D eigenvalue weighted by Gasteiger charge is -2.05. The molecular formula is C26H30Cl2O2. The molecule has 3 aromatic rings. The van der Waals surface area contributed by atoms with Crippen LogP contribution in [-0.4, -0.2) is 10.2 Å². The first-order valence-corrected chi connectivity index (χ1v) is 11.2. The van der Waals surface area contributed by atoms with Gasteiger partial charge in [-0.3, -0.25) is 0 Å². The van der Waals surface area contributed by atoms with E-state index in [2.05, 4.69) is 6.92 Å². The Hall–Kier alpha value is -2.16. The topological polar surface area (TPSA) is 40.5 Å². The number of halogens is 2. The van der Waals surface area contributed by atoms with Crippen LogP contribution in [0.1, 0.15) is 55.7 Å². The third-order valence-corrected chi connectivity index (χ3v) is 5.56. The van der Waals surface area contributed by atoms with E-state index in [1.54, 1.807) is 24.3 Å². The highest BCUT2D eigenvalue weighted by Crippen LogP contribution is 2.28. The molecule has 0 unspecified atom stereocenters. The monoisotopic (exact) mass is 444 g/mol. The van der Waals surface area contributed by atoms with Crippen molar-refractivity contribution in [3.63, 3.8) is 0 Å². The number of hydrogen-bond acceptors (Lipinski definition) is 2. The Morgan fingerprint density at radius 1 is 0.700 bits per heavy atom. The number of hydrogen-bond donors (Lipinski definition) is 2. The van der Waals surface area contributed by atoms with E-state index in [-0.39, 0.29) is 5.75 Å². The average molecular weight is 445 g/mol. The van der Waals surface area contributed by atoms with Gasteiger partial charge in [0.15, 0.2) is 0 Å². The third kappa shape index (κ3) is 8.30. The first-order valence-electron chi connectivity index (χ1n) is 10.5. The van der Waals surface area contributed by atoms with Crippen molar-refractivity contribution >= 4 is 23.2 Å². The highest BCUT2D eigenvalue weighted by molar-refractivity contribution is 6.32. The second-order valence-corrected chi connectivity index (χ2v) is 8.16. The fraction of sp³-hybridized carbons (Fsp3) is 0.308. The minimum atomic E-state index is 0.197. The van der Waals surface area contributed by atoms with Gasteiger partial charge in [0.25, 0.3) is 0 Å². The lowest BCUT2D eigenvalue weighted by molar-refractivity contribution is 0.469. The van der Waals surface area contributed by atoms with E-state index in [4.69, 9.17) is 23.2 Å². The molecule has 0 heterocycles. The molecule has 0 saturated carbocycles. The van der Waals surface area contributed by atoms with Gasteiger partial charge in [0.2, 0.25) is 0 Å². The molecule has 0 saturated heterocycles. The van der Waals surface area contributed by atoms with Gasteiger partial charge in [-0.25, -0.2) is 0 Å². The van der Waals surface area contributed by atoms with Gasteiger partial charge in [0.1, 0.15) is 11.5 Å². The average Bonchev–Trinajstić information content (AvgIpc) is 2.75. The maximum Gasteiger partial charge on any atom is 0.134 e. The zero-order valence-corrected chi connectivity index (χ0v) is 19.0. The van der Waals surface area contributed by atoms with Crippen LogP contribution >= 0.6 is 23.2 Å². The molecule has 0 aromatic heterocycles. The van der Waals surface area contributed by atoms with Crippen molar-refractivity contribution in [2.45, 2.75) is 51.9 Å². The summed E-state index contributed by atoms with van der Waals surface area (Å²) in [6, 6.07) is 20.6. The molecule has 0 aliphatic rings. The zero-order chi connectivity index (χ0) is 21.8. The molecule has 0 amide bonds. The minimum Gasteiger partial charge on any atom is -0.508 e. The number of aromatic hydroxyl groups is 2. The Morgan fingerprint density at radius 2 is 1.43 bits per heavy atom. The van der Waals surface area contributed by atoms with E-state index in [9.17, 15) is 10.2 Å². The lowest BCUT2D eigenvalue weighted by atomic mass is 10.0. The molecule has 0 aliphatic carbocycles. The smallest absolute Gasteiger partial charge is 0.134 e. The van der Waals surface area contributed by atoms with Gasteiger partial charge in [-0.15, -0.1) is 0 Å². The normalized spacial score (nSPS) is 10.4. The molecule has 4 heteroatoms. The SMILES string of the molecule is CCCCCCCc1cccc(O)c1Cl.Oc1ccc(Cl)cc1Cc1ccccc1. The minimum absolute atomic E-state index is 0.197. The van der Waals surface area contributed by atoms with E-state index in [1.807, 2.05) is 42.5 Å². The number of rotatable bonds is 8. The van der Waals surface area contributed by atoms with Crippen LogP contribution in [0.15, 0.2) is 66.7 Å². The summed E-state index contributed by atoms with van der Waals surface area (Å²) in [7, 11) is 0. The van der Waals surface area contributed by atoms with Crippen LogP contribution in [0.5, 0.6) is 11.5 Å². The number of benzene rings is 3. The van der Waals surface area contributed by atoms with Crippen molar-refractivity contribution in [2.75, 3.05) is 0 Å². The summed E-state index contributed by atoms with van der Waals surface area (Å²) in [6.07, 6.45) is 7.96.